The molecule has 0 saturated heterocycles. The second-order valence-electron chi connectivity index (χ2n) is 4.25. The highest BCUT2D eigenvalue weighted by atomic mass is 16.1. The van der Waals surface area contributed by atoms with Crippen LogP contribution in [0, 0.1) is 0 Å². The van der Waals surface area contributed by atoms with Gasteiger partial charge in [-0.05, 0) is 35.9 Å². The minimum absolute atomic E-state index is 0.659. The molecule has 2 aromatic heterocycles. The van der Waals surface area contributed by atoms with Crippen LogP contribution in [0.4, 0.5) is 5.69 Å². The van der Waals surface area contributed by atoms with Crippen molar-refractivity contribution in [2.75, 3.05) is 5.32 Å². The highest BCUT2D eigenvalue weighted by Crippen LogP contribution is 2.21. The summed E-state index contributed by atoms with van der Waals surface area (Å²) in [6.07, 6.45) is 8.04. The highest BCUT2D eigenvalue weighted by Gasteiger charge is 2.03. The van der Waals surface area contributed by atoms with E-state index in [2.05, 4.69) is 20.5 Å². The molecule has 98 valence electrons. The van der Waals surface area contributed by atoms with Gasteiger partial charge in [0.05, 0.1) is 11.2 Å². The summed E-state index contributed by atoms with van der Waals surface area (Å²) in [7, 11) is 0. The SMILES string of the molecule is O=CNc1ccc2[nH]nc(/C=C/c3cccnc3)c2c1. The standard InChI is InChI=1S/C15H12N4O/c20-10-17-12-4-6-15-13(8-12)14(18-19-15)5-3-11-2-1-7-16-9-11/h1-10H,(H,17,20)(H,18,19)/b5-3+. The van der Waals surface area contributed by atoms with Gasteiger partial charge in [-0.1, -0.05) is 12.1 Å². The number of H-pyrrole nitrogens is 1. The first-order valence-corrected chi connectivity index (χ1v) is 6.13. The Morgan fingerprint density at radius 2 is 2.15 bits per heavy atom. The molecule has 5 nitrogen and oxygen atoms in total. The molecule has 0 aliphatic rings. The van der Waals surface area contributed by atoms with Crippen LogP contribution < -0.4 is 5.32 Å². The summed E-state index contributed by atoms with van der Waals surface area (Å²) < 4.78 is 0. The average molecular weight is 264 g/mol. The molecule has 0 radical (unpaired) electrons. The molecule has 3 rings (SSSR count). The van der Waals surface area contributed by atoms with Gasteiger partial charge in [-0.25, -0.2) is 0 Å². The Morgan fingerprint density at radius 1 is 1.20 bits per heavy atom. The van der Waals surface area contributed by atoms with Gasteiger partial charge in [-0.3, -0.25) is 14.9 Å². The Labute approximate surface area is 115 Å². The predicted molar refractivity (Wildman–Crippen MR) is 78.9 cm³/mol. The Hall–Kier alpha value is -2.95. The van der Waals surface area contributed by atoms with Crippen molar-refractivity contribution in [2.24, 2.45) is 0 Å². The number of benzene rings is 1. The van der Waals surface area contributed by atoms with Gasteiger partial charge < -0.3 is 5.32 Å². The summed E-state index contributed by atoms with van der Waals surface area (Å²) in [6, 6.07) is 9.45. The number of carbonyl (C=O) groups is 1. The number of aromatic nitrogens is 3. The fourth-order valence-corrected chi connectivity index (χ4v) is 1.97. The molecule has 1 aromatic carbocycles. The topological polar surface area (TPSA) is 70.7 Å². The molecule has 0 unspecified atom stereocenters. The van der Waals surface area contributed by atoms with Crippen molar-refractivity contribution in [3.8, 4) is 0 Å². The van der Waals surface area contributed by atoms with Crippen molar-refractivity contribution in [3.05, 3.63) is 54.0 Å². The van der Waals surface area contributed by atoms with Crippen LogP contribution in [0.1, 0.15) is 11.3 Å². The molecule has 0 aliphatic heterocycles. The van der Waals surface area contributed by atoms with E-state index in [0.29, 0.717) is 6.41 Å². The minimum Gasteiger partial charge on any atom is -0.329 e. The fraction of sp³-hybridized carbons (Fsp3) is 0. The first kappa shape index (κ1) is 12.1. The van der Waals surface area contributed by atoms with Gasteiger partial charge in [-0.15, -0.1) is 0 Å². The number of fused-ring (bicyclic) bond motifs is 1. The van der Waals surface area contributed by atoms with E-state index >= 15 is 0 Å². The zero-order chi connectivity index (χ0) is 13.8. The maximum absolute atomic E-state index is 10.5. The van der Waals surface area contributed by atoms with Crippen molar-refractivity contribution in [1.82, 2.24) is 15.2 Å². The van der Waals surface area contributed by atoms with E-state index in [4.69, 9.17) is 0 Å². The summed E-state index contributed by atoms with van der Waals surface area (Å²) in [4.78, 5) is 14.5. The number of aromatic amines is 1. The largest absolute Gasteiger partial charge is 0.329 e. The van der Waals surface area contributed by atoms with Gasteiger partial charge in [0.25, 0.3) is 0 Å². The number of hydrogen-bond donors (Lipinski definition) is 2. The van der Waals surface area contributed by atoms with Crippen LogP contribution in [0.15, 0.2) is 42.7 Å². The maximum Gasteiger partial charge on any atom is 0.211 e. The van der Waals surface area contributed by atoms with Crippen molar-refractivity contribution >= 4 is 35.2 Å². The predicted octanol–water partition coefficient (Wildman–Crippen LogP) is 2.70. The van der Waals surface area contributed by atoms with Crippen LogP contribution >= 0.6 is 0 Å². The maximum atomic E-state index is 10.5. The lowest BCUT2D eigenvalue weighted by Gasteiger charge is -1.98. The van der Waals surface area contributed by atoms with E-state index in [1.807, 2.05) is 42.5 Å². The molecule has 0 fully saturated rings. The first-order chi connectivity index (χ1) is 9.86. The van der Waals surface area contributed by atoms with E-state index in [0.717, 1.165) is 27.8 Å². The Kier molecular flexibility index (Phi) is 3.24. The van der Waals surface area contributed by atoms with E-state index in [9.17, 15) is 4.79 Å². The molecule has 0 saturated carbocycles. The smallest absolute Gasteiger partial charge is 0.211 e. The normalized spacial score (nSPS) is 11.0. The molecule has 0 spiro atoms. The second-order valence-corrected chi connectivity index (χ2v) is 4.25. The zero-order valence-electron chi connectivity index (χ0n) is 10.6. The number of pyridine rings is 1. The van der Waals surface area contributed by atoms with Crippen LogP contribution in [0.2, 0.25) is 0 Å². The molecule has 2 N–H and O–H groups in total. The first-order valence-electron chi connectivity index (χ1n) is 6.13. The third-order valence-corrected chi connectivity index (χ3v) is 2.94. The number of hydrogen-bond acceptors (Lipinski definition) is 3. The molecule has 5 heteroatoms. The van der Waals surface area contributed by atoms with Crippen LogP contribution in [0.5, 0.6) is 0 Å². The van der Waals surface area contributed by atoms with E-state index < -0.39 is 0 Å². The summed E-state index contributed by atoms with van der Waals surface area (Å²) in [5.74, 6) is 0. The summed E-state index contributed by atoms with van der Waals surface area (Å²) >= 11 is 0. The van der Waals surface area contributed by atoms with Crippen LogP contribution in [0.25, 0.3) is 23.1 Å². The second kappa shape index (κ2) is 5.36. The molecule has 0 bridgehead atoms. The highest BCUT2D eigenvalue weighted by molar-refractivity contribution is 5.92. The van der Waals surface area contributed by atoms with Gasteiger partial charge in [0, 0.05) is 23.5 Å². The molecule has 20 heavy (non-hydrogen) atoms. The van der Waals surface area contributed by atoms with Gasteiger partial charge in [-0.2, -0.15) is 5.10 Å². The van der Waals surface area contributed by atoms with Crippen LogP contribution in [0.3, 0.4) is 0 Å². The van der Waals surface area contributed by atoms with Crippen molar-refractivity contribution < 1.29 is 4.79 Å². The molecule has 2 heterocycles. The number of nitrogens with zero attached hydrogens (tertiary/aromatic N) is 2. The number of carbonyl (C=O) groups excluding carboxylic acids is 1. The van der Waals surface area contributed by atoms with Crippen LogP contribution in [-0.4, -0.2) is 21.6 Å². The lowest BCUT2D eigenvalue weighted by molar-refractivity contribution is -0.105. The van der Waals surface area contributed by atoms with Crippen molar-refractivity contribution in [3.63, 3.8) is 0 Å². The third kappa shape index (κ3) is 2.42. The van der Waals surface area contributed by atoms with Gasteiger partial charge in [0.1, 0.15) is 0 Å². The third-order valence-electron chi connectivity index (χ3n) is 2.94. The summed E-state index contributed by atoms with van der Waals surface area (Å²) in [5, 5.41) is 10.8. The van der Waals surface area contributed by atoms with Crippen molar-refractivity contribution in [2.45, 2.75) is 0 Å². The van der Waals surface area contributed by atoms with Gasteiger partial charge in [0.2, 0.25) is 6.41 Å². The lowest BCUT2D eigenvalue weighted by atomic mass is 10.1. The molecule has 3 aromatic rings. The number of anilines is 1. The molecule has 0 atom stereocenters. The average Bonchev–Trinajstić information content (AvgIpc) is 2.89. The van der Waals surface area contributed by atoms with Gasteiger partial charge >= 0.3 is 0 Å². The fourth-order valence-electron chi connectivity index (χ4n) is 1.97. The monoisotopic (exact) mass is 264 g/mol. The number of amides is 1. The molecular formula is C15H12N4O. The Morgan fingerprint density at radius 3 is 2.95 bits per heavy atom. The lowest BCUT2D eigenvalue weighted by Crippen LogP contribution is -1.92. The Balaban J connectivity index is 1.97. The van der Waals surface area contributed by atoms with E-state index in [1.165, 1.54) is 0 Å². The molecule has 1 amide bonds. The Bertz CT molecular complexity index is 762. The zero-order valence-corrected chi connectivity index (χ0v) is 10.6. The van der Waals surface area contributed by atoms with Gasteiger partial charge in [0.15, 0.2) is 0 Å². The van der Waals surface area contributed by atoms with Crippen LogP contribution in [-0.2, 0) is 4.79 Å². The summed E-state index contributed by atoms with van der Waals surface area (Å²) in [5.41, 5.74) is 3.49. The number of nitrogens with one attached hydrogen (secondary N) is 2. The number of rotatable bonds is 4. The summed E-state index contributed by atoms with van der Waals surface area (Å²) in [6.45, 7) is 0. The van der Waals surface area contributed by atoms with E-state index in [1.54, 1.807) is 12.4 Å². The quantitative estimate of drug-likeness (QED) is 0.712. The molecule has 0 aliphatic carbocycles. The minimum atomic E-state index is 0.659. The van der Waals surface area contributed by atoms with E-state index in [-0.39, 0.29) is 0 Å². The molecular weight excluding hydrogens is 252 g/mol. The van der Waals surface area contributed by atoms with Crippen molar-refractivity contribution in [1.29, 1.82) is 0 Å².